The van der Waals surface area contributed by atoms with Crippen LogP contribution in [-0.2, 0) is 38.0 Å². The van der Waals surface area contributed by atoms with Crippen LogP contribution < -0.4 is 0 Å². The van der Waals surface area contributed by atoms with E-state index < -0.39 is 107 Å². The first-order chi connectivity index (χ1) is 27.8. The highest BCUT2D eigenvalue weighted by atomic mass is 16.7. The van der Waals surface area contributed by atoms with Crippen molar-refractivity contribution >= 4 is 17.3 Å². The number of hydrogen-bond donors (Lipinski definition) is 6. The SMILES string of the molecule is C[C@@H]1OC(c2ccc3c(c2O)C(=O)C2=C(C3=O)C3(O)C(=O)CC(C)(O[C@H]4CC[C@H](O[C@H]5CC[C@@H](O[C@@H]6CC[C@@H](O)[C@H](C)O6)[C@H](C)O5)[C@H](C)O4)CC3(O)C=C2)C[C@@H](O)[C@H]1O. The Hall–Kier alpha value is -2.97. The van der Waals surface area contributed by atoms with E-state index in [-0.39, 0.29) is 59.5 Å². The highest BCUT2D eigenvalue weighted by molar-refractivity contribution is 6.32. The van der Waals surface area contributed by atoms with Crippen LogP contribution in [0.5, 0.6) is 5.75 Å². The number of phenols is 1. The summed E-state index contributed by atoms with van der Waals surface area (Å²) in [5.74, 6) is -3.22. The van der Waals surface area contributed by atoms with Crippen molar-refractivity contribution in [3.8, 4) is 5.75 Å². The molecule has 7 aliphatic rings. The molecular weight excluding hydrogens is 772 g/mol. The molecule has 3 aliphatic carbocycles. The summed E-state index contributed by atoms with van der Waals surface area (Å²) in [5.41, 5.74) is -7.90. The van der Waals surface area contributed by atoms with Gasteiger partial charge in [-0.05, 0) is 66.0 Å². The average molecular weight is 829 g/mol. The molecule has 324 valence electrons. The van der Waals surface area contributed by atoms with E-state index >= 15 is 0 Å². The van der Waals surface area contributed by atoms with E-state index in [1.165, 1.54) is 18.2 Å². The summed E-state index contributed by atoms with van der Waals surface area (Å²) in [5, 5.41) is 66.1. The van der Waals surface area contributed by atoms with Crippen molar-refractivity contribution in [2.24, 2.45) is 0 Å². The second-order valence-electron chi connectivity index (χ2n) is 17.8. The van der Waals surface area contributed by atoms with Crippen LogP contribution in [-0.4, -0.2) is 139 Å². The molecule has 0 radical (unpaired) electrons. The molecule has 16 atom stereocenters. The summed E-state index contributed by atoms with van der Waals surface area (Å²) in [6.45, 7) is 8.80. The van der Waals surface area contributed by atoms with Gasteiger partial charge in [-0.2, -0.15) is 0 Å². The van der Waals surface area contributed by atoms with Gasteiger partial charge in [0.05, 0.1) is 71.7 Å². The molecule has 0 spiro atoms. The van der Waals surface area contributed by atoms with E-state index in [4.69, 9.17) is 33.2 Å². The minimum absolute atomic E-state index is 0.0779. The van der Waals surface area contributed by atoms with Gasteiger partial charge in [-0.25, -0.2) is 0 Å². The van der Waals surface area contributed by atoms with Crippen molar-refractivity contribution in [3.63, 3.8) is 0 Å². The zero-order chi connectivity index (χ0) is 42.3. The van der Waals surface area contributed by atoms with E-state index in [0.29, 0.717) is 38.5 Å². The van der Waals surface area contributed by atoms with Gasteiger partial charge in [0.1, 0.15) is 17.5 Å². The fourth-order valence-electron chi connectivity index (χ4n) is 10.0. The largest absolute Gasteiger partial charge is 0.507 e. The molecule has 0 bridgehead atoms. The lowest BCUT2D eigenvalue weighted by Gasteiger charge is -2.53. The molecule has 4 aliphatic heterocycles. The number of fused-ring (bicyclic) bond motifs is 3. The van der Waals surface area contributed by atoms with Gasteiger partial charge in [0.15, 0.2) is 41.8 Å². The normalized spacial score (nSPS) is 45.2. The van der Waals surface area contributed by atoms with Gasteiger partial charge < -0.3 is 63.8 Å². The highest BCUT2D eigenvalue weighted by Gasteiger charge is 2.67. The quantitative estimate of drug-likeness (QED) is 0.232. The predicted octanol–water partition coefficient (Wildman–Crippen LogP) is 2.52. The number of Topliss-reactive ketones (excluding diaryl/α,β-unsaturated/α-hetero) is 3. The van der Waals surface area contributed by atoms with E-state index in [0.717, 1.165) is 6.08 Å². The van der Waals surface area contributed by atoms with E-state index in [9.17, 15) is 45.0 Å². The summed E-state index contributed by atoms with van der Waals surface area (Å²) in [6, 6.07) is 2.65. The van der Waals surface area contributed by atoms with Crippen LogP contribution in [0.25, 0.3) is 0 Å². The maximum Gasteiger partial charge on any atom is 0.198 e. The standard InChI is InChI=1S/C43H56O16/c1-19-26(44)8-11-32(54-19)57-28-9-12-33(55-20(28)2)58-29-10-13-34(56-21(29)3)59-41(5)17-31(46)43(52)36-25(14-15-42(43,51)18-41)39(49)35-24(40(36)50)7-6-23(38(35)48)30-16-27(45)37(47)22(4)53-30/h6-7,14-15,19-22,26-30,32-34,37,44-45,47-48,51-52H,8-13,16-18H2,1-5H3/t19-,20-,21-,22-,26+,27+,28+,29-,30?,32+,33-,34-,37-,41?,42?,43?/m0/s1. The zero-order valence-corrected chi connectivity index (χ0v) is 33.9. The van der Waals surface area contributed by atoms with Crippen molar-refractivity contribution in [3.05, 3.63) is 52.1 Å². The number of ketones is 3. The topological polar surface area (TPSA) is 237 Å². The van der Waals surface area contributed by atoms with Gasteiger partial charge in [0, 0.05) is 55.2 Å². The third-order valence-electron chi connectivity index (χ3n) is 13.4. The van der Waals surface area contributed by atoms with Crippen molar-refractivity contribution in [1.29, 1.82) is 0 Å². The Bertz CT molecular complexity index is 1900. The van der Waals surface area contributed by atoms with Gasteiger partial charge in [0.25, 0.3) is 0 Å². The minimum Gasteiger partial charge on any atom is -0.507 e. The molecule has 16 heteroatoms. The first-order valence-corrected chi connectivity index (χ1v) is 20.8. The lowest BCUT2D eigenvalue weighted by atomic mass is 9.57. The molecule has 1 aromatic carbocycles. The number of carbonyl (C=O) groups excluding carboxylic acids is 3. The lowest BCUT2D eigenvalue weighted by molar-refractivity contribution is -0.313. The molecule has 0 amide bonds. The van der Waals surface area contributed by atoms with Gasteiger partial charge >= 0.3 is 0 Å². The number of carbonyl (C=O) groups is 3. The summed E-state index contributed by atoms with van der Waals surface area (Å²) in [6.07, 6.45) is -2.64. The molecule has 4 saturated heterocycles. The Morgan fingerprint density at radius 2 is 1.34 bits per heavy atom. The van der Waals surface area contributed by atoms with Crippen LogP contribution >= 0.6 is 0 Å². The van der Waals surface area contributed by atoms with Crippen LogP contribution in [0.2, 0.25) is 0 Å². The Morgan fingerprint density at radius 1 is 0.729 bits per heavy atom. The van der Waals surface area contributed by atoms with E-state index in [1.54, 1.807) is 13.8 Å². The van der Waals surface area contributed by atoms with Crippen molar-refractivity contribution in [2.75, 3.05) is 0 Å². The molecule has 6 N–H and O–H groups in total. The number of rotatable bonds is 7. The number of aliphatic hydroxyl groups excluding tert-OH is 3. The maximum absolute atomic E-state index is 14.2. The number of hydrogen-bond acceptors (Lipinski definition) is 16. The molecule has 1 aromatic rings. The van der Waals surface area contributed by atoms with Crippen LogP contribution in [0.1, 0.15) is 125 Å². The van der Waals surface area contributed by atoms with Gasteiger partial charge in [-0.15, -0.1) is 0 Å². The molecule has 59 heavy (non-hydrogen) atoms. The molecular formula is C43H56O16. The monoisotopic (exact) mass is 828 g/mol. The highest BCUT2D eigenvalue weighted by Crippen LogP contribution is 2.53. The third kappa shape index (κ3) is 7.46. The average Bonchev–Trinajstić information content (AvgIpc) is 3.16. The zero-order valence-electron chi connectivity index (χ0n) is 33.9. The minimum atomic E-state index is -2.80. The summed E-state index contributed by atoms with van der Waals surface area (Å²) < 4.78 is 43.0. The second kappa shape index (κ2) is 15.7. The number of phenolic OH excluding ortho intramolecular Hbond substituents is 1. The Kier molecular flexibility index (Phi) is 11.4. The molecule has 4 heterocycles. The number of ether oxygens (including phenoxy) is 7. The van der Waals surface area contributed by atoms with Crippen molar-refractivity contribution in [2.45, 2.75) is 189 Å². The van der Waals surface area contributed by atoms with Crippen molar-refractivity contribution < 1.29 is 78.2 Å². The number of aromatic hydroxyl groups is 1. The first kappa shape index (κ1) is 42.7. The number of benzene rings is 1. The summed E-state index contributed by atoms with van der Waals surface area (Å²) >= 11 is 0. The Morgan fingerprint density at radius 3 is 1.97 bits per heavy atom. The molecule has 5 fully saturated rings. The fourth-order valence-corrected chi connectivity index (χ4v) is 10.0. The smallest absolute Gasteiger partial charge is 0.198 e. The molecule has 16 nitrogen and oxygen atoms in total. The third-order valence-corrected chi connectivity index (χ3v) is 13.4. The Balaban J connectivity index is 0.904. The Labute approximate surface area is 342 Å². The summed E-state index contributed by atoms with van der Waals surface area (Å²) in [4.78, 5) is 42.3. The summed E-state index contributed by atoms with van der Waals surface area (Å²) in [7, 11) is 0. The van der Waals surface area contributed by atoms with Gasteiger partial charge in [-0.1, -0.05) is 12.1 Å². The number of aliphatic hydroxyl groups is 5. The number of allylic oxidation sites excluding steroid dienone is 2. The van der Waals surface area contributed by atoms with E-state index in [2.05, 4.69) is 0 Å². The van der Waals surface area contributed by atoms with Crippen LogP contribution in [0, 0.1) is 0 Å². The molecule has 1 saturated carbocycles. The van der Waals surface area contributed by atoms with Crippen molar-refractivity contribution in [1.82, 2.24) is 0 Å². The van der Waals surface area contributed by atoms with Crippen LogP contribution in [0.3, 0.4) is 0 Å². The van der Waals surface area contributed by atoms with Crippen LogP contribution in [0.15, 0.2) is 35.4 Å². The van der Waals surface area contributed by atoms with Crippen LogP contribution in [0.4, 0.5) is 0 Å². The molecule has 8 rings (SSSR count). The van der Waals surface area contributed by atoms with Gasteiger partial charge in [0.2, 0.25) is 0 Å². The molecule has 0 aromatic heterocycles. The van der Waals surface area contributed by atoms with Gasteiger partial charge in [-0.3, -0.25) is 14.4 Å². The molecule has 4 unspecified atom stereocenters. The second-order valence-corrected chi connectivity index (χ2v) is 17.8. The lowest BCUT2D eigenvalue weighted by Crippen LogP contribution is -2.69. The maximum atomic E-state index is 14.2. The first-order valence-electron chi connectivity index (χ1n) is 20.8. The van der Waals surface area contributed by atoms with E-state index in [1.807, 2.05) is 20.8 Å². The predicted molar refractivity (Wildman–Crippen MR) is 203 cm³/mol. The fraction of sp³-hybridized carbons (Fsp3) is 0.698.